The van der Waals surface area contributed by atoms with Crippen molar-refractivity contribution >= 4 is 11.6 Å². The van der Waals surface area contributed by atoms with E-state index in [9.17, 15) is 4.79 Å². The summed E-state index contributed by atoms with van der Waals surface area (Å²) in [6.07, 6.45) is 2.50. The minimum absolute atomic E-state index is 0.0171. The van der Waals surface area contributed by atoms with E-state index < -0.39 is 0 Å². The molecule has 0 spiro atoms. The van der Waals surface area contributed by atoms with Crippen molar-refractivity contribution in [1.29, 1.82) is 0 Å². The zero-order valence-corrected chi connectivity index (χ0v) is 14.6. The first kappa shape index (κ1) is 16.7. The molecule has 1 aliphatic rings. The third-order valence-electron chi connectivity index (χ3n) is 5.08. The molecule has 126 valence electrons. The molecule has 2 aromatic rings. The highest BCUT2D eigenvalue weighted by Crippen LogP contribution is 2.27. The number of amides is 1. The number of likely N-dealkylation sites (tertiary alicyclic amines) is 1. The first-order valence-corrected chi connectivity index (χ1v) is 8.95. The molecule has 1 heterocycles. The maximum atomic E-state index is 12.8. The number of anilines is 1. The van der Waals surface area contributed by atoms with Crippen molar-refractivity contribution < 1.29 is 9.69 Å². The van der Waals surface area contributed by atoms with Gasteiger partial charge >= 0.3 is 0 Å². The van der Waals surface area contributed by atoms with E-state index in [1.165, 1.54) is 17.7 Å². The number of nitrogens with one attached hydrogen (secondary N) is 2. The minimum atomic E-state index is -0.0171. The van der Waals surface area contributed by atoms with Gasteiger partial charge in [0.25, 0.3) is 5.91 Å². The highest BCUT2D eigenvalue weighted by atomic mass is 16.2. The number of quaternary nitrogens is 1. The van der Waals surface area contributed by atoms with Gasteiger partial charge in [0.05, 0.1) is 13.1 Å². The van der Waals surface area contributed by atoms with E-state index in [4.69, 9.17) is 0 Å². The van der Waals surface area contributed by atoms with E-state index in [-0.39, 0.29) is 11.9 Å². The van der Waals surface area contributed by atoms with Crippen LogP contribution >= 0.6 is 0 Å². The van der Waals surface area contributed by atoms with Gasteiger partial charge in [0.1, 0.15) is 0 Å². The van der Waals surface area contributed by atoms with Crippen molar-refractivity contribution in [1.82, 2.24) is 0 Å². The van der Waals surface area contributed by atoms with Crippen LogP contribution < -0.4 is 10.2 Å². The average Bonchev–Trinajstić information content (AvgIpc) is 2.62. The number of benzene rings is 2. The fraction of sp³-hybridized carbons (Fsp3) is 0.381. The normalized spacial score (nSPS) is 21.9. The Morgan fingerprint density at radius 1 is 1.12 bits per heavy atom. The fourth-order valence-electron chi connectivity index (χ4n) is 3.61. The molecule has 3 heteroatoms. The molecule has 1 unspecified atom stereocenters. The van der Waals surface area contributed by atoms with Crippen molar-refractivity contribution in [2.75, 3.05) is 18.4 Å². The molecule has 3 nitrogen and oxygen atoms in total. The summed E-state index contributed by atoms with van der Waals surface area (Å²) in [5.74, 6) is 0.822. The third-order valence-corrected chi connectivity index (χ3v) is 5.08. The largest absolute Gasteiger partial charge is 0.325 e. The number of carbonyl (C=O) groups is 1. The smallest absolute Gasteiger partial charge is 0.282 e. The van der Waals surface area contributed by atoms with Crippen molar-refractivity contribution in [3.63, 3.8) is 0 Å². The number of rotatable bonds is 4. The molecule has 0 aliphatic carbocycles. The molecule has 3 atom stereocenters. The average molecular weight is 323 g/mol. The lowest BCUT2D eigenvalue weighted by atomic mass is 9.98. The number of piperidine rings is 1. The van der Waals surface area contributed by atoms with Crippen molar-refractivity contribution in [3.05, 3.63) is 54.6 Å². The molecular weight excluding hydrogens is 296 g/mol. The van der Waals surface area contributed by atoms with Gasteiger partial charge in [-0.05, 0) is 31.4 Å². The predicted octanol–water partition coefficient (Wildman–Crippen LogP) is 3.00. The molecule has 3 rings (SSSR count). The second-order valence-electron chi connectivity index (χ2n) is 6.98. The molecule has 24 heavy (non-hydrogen) atoms. The molecule has 0 bridgehead atoms. The fourth-order valence-corrected chi connectivity index (χ4v) is 3.61. The van der Waals surface area contributed by atoms with Crippen LogP contribution in [-0.2, 0) is 4.79 Å². The molecule has 2 N–H and O–H groups in total. The van der Waals surface area contributed by atoms with E-state index in [2.05, 4.69) is 30.4 Å². The third kappa shape index (κ3) is 3.85. The minimum Gasteiger partial charge on any atom is -0.325 e. The van der Waals surface area contributed by atoms with Crippen LogP contribution in [0.5, 0.6) is 0 Å². The molecule has 1 saturated heterocycles. The number of carbonyl (C=O) groups excluding carboxylic acids is 1. The summed E-state index contributed by atoms with van der Waals surface area (Å²) in [5, 5.41) is 3.16. The lowest BCUT2D eigenvalue weighted by Crippen LogP contribution is -3.17. The van der Waals surface area contributed by atoms with Crippen LogP contribution in [0.3, 0.4) is 0 Å². The van der Waals surface area contributed by atoms with Crippen molar-refractivity contribution in [3.8, 4) is 11.1 Å². The van der Waals surface area contributed by atoms with E-state index in [1.807, 2.05) is 43.3 Å². The van der Waals surface area contributed by atoms with E-state index in [0.29, 0.717) is 5.92 Å². The number of hydrogen-bond donors (Lipinski definition) is 2. The molecule has 1 amide bonds. The van der Waals surface area contributed by atoms with Gasteiger partial charge in [-0.2, -0.15) is 0 Å². The second-order valence-corrected chi connectivity index (χ2v) is 6.98. The van der Waals surface area contributed by atoms with Crippen LogP contribution in [0.4, 0.5) is 5.69 Å². The summed E-state index contributed by atoms with van der Waals surface area (Å²) in [6.45, 7) is 6.52. The quantitative estimate of drug-likeness (QED) is 0.891. The van der Waals surface area contributed by atoms with Gasteiger partial charge in [-0.25, -0.2) is 0 Å². The highest BCUT2D eigenvalue weighted by Gasteiger charge is 2.29. The van der Waals surface area contributed by atoms with Crippen molar-refractivity contribution in [2.24, 2.45) is 5.92 Å². The number of hydrogen-bond acceptors (Lipinski definition) is 1. The standard InChI is InChI=1S/C21H26N2O/c1-16-9-8-14-23(15-16)17(2)21(24)22-20-13-7-6-12-19(20)18-10-4-3-5-11-18/h3-7,10-13,16-17H,8-9,14-15H2,1-2H3,(H,22,24)/p+1/t16-,17-/m0/s1. The summed E-state index contributed by atoms with van der Waals surface area (Å²) in [7, 11) is 0. The van der Waals surface area contributed by atoms with Gasteiger partial charge in [0.15, 0.2) is 6.04 Å². The summed E-state index contributed by atoms with van der Waals surface area (Å²) >= 11 is 0. The maximum absolute atomic E-state index is 12.8. The zero-order chi connectivity index (χ0) is 16.9. The maximum Gasteiger partial charge on any atom is 0.282 e. The van der Waals surface area contributed by atoms with Crippen LogP contribution in [0, 0.1) is 5.92 Å². The molecular formula is C21H27N2O+. The Hall–Kier alpha value is -2.13. The predicted molar refractivity (Wildman–Crippen MR) is 99.1 cm³/mol. The van der Waals surface area contributed by atoms with Gasteiger partial charge in [0.2, 0.25) is 0 Å². The van der Waals surface area contributed by atoms with Crippen molar-refractivity contribution in [2.45, 2.75) is 32.7 Å². The van der Waals surface area contributed by atoms with Gasteiger partial charge in [-0.3, -0.25) is 4.79 Å². The topological polar surface area (TPSA) is 33.5 Å². The van der Waals surface area contributed by atoms with Crippen LogP contribution in [0.1, 0.15) is 26.7 Å². The highest BCUT2D eigenvalue weighted by molar-refractivity contribution is 5.97. The molecule has 0 aromatic heterocycles. The van der Waals surface area contributed by atoms with Crippen LogP contribution in [0.25, 0.3) is 11.1 Å². The second kappa shape index (κ2) is 7.63. The Kier molecular flexibility index (Phi) is 5.31. The van der Waals surface area contributed by atoms with Crippen LogP contribution in [0.2, 0.25) is 0 Å². The SMILES string of the molecule is C[C@H]1CCC[NH+]([C@@H](C)C(=O)Nc2ccccc2-c2ccccc2)C1. The Morgan fingerprint density at radius 2 is 1.83 bits per heavy atom. The summed E-state index contributed by atoms with van der Waals surface area (Å²) < 4.78 is 0. The van der Waals surface area contributed by atoms with Crippen LogP contribution in [0.15, 0.2) is 54.6 Å². The molecule has 1 aliphatic heterocycles. The van der Waals surface area contributed by atoms with Gasteiger partial charge in [-0.1, -0.05) is 55.5 Å². The Balaban J connectivity index is 1.75. The first-order valence-electron chi connectivity index (χ1n) is 8.95. The Morgan fingerprint density at radius 3 is 2.58 bits per heavy atom. The van der Waals surface area contributed by atoms with Gasteiger partial charge in [0, 0.05) is 17.2 Å². The zero-order valence-electron chi connectivity index (χ0n) is 14.6. The first-order chi connectivity index (χ1) is 11.6. The lowest BCUT2D eigenvalue weighted by Gasteiger charge is -2.31. The van der Waals surface area contributed by atoms with E-state index in [1.54, 1.807) is 0 Å². The van der Waals surface area contributed by atoms with Gasteiger partial charge < -0.3 is 10.2 Å². The Labute approximate surface area is 144 Å². The Bertz CT molecular complexity index is 683. The molecule has 1 fully saturated rings. The number of para-hydroxylation sites is 1. The van der Waals surface area contributed by atoms with E-state index in [0.717, 1.165) is 29.9 Å². The summed E-state index contributed by atoms with van der Waals surface area (Å²) in [6, 6.07) is 18.2. The lowest BCUT2D eigenvalue weighted by molar-refractivity contribution is -0.922. The summed E-state index contributed by atoms with van der Waals surface area (Å²) in [5.41, 5.74) is 3.09. The van der Waals surface area contributed by atoms with Crippen LogP contribution in [-0.4, -0.2) is 25.0 Å². The summed E-state index contributed by atoms with van der Waals surface area (Å²) in [4.78, 5) is 14.2. The molecule has 2 aromatic carbocycles. The molecule has 0 saturated carbocycles. The molecule has 0 radical (unpaired) electrons. The monoisotopic (exact) mass is 323 g/mol. The van der Waals surface area contributed by atoms with Gasteiger partial charge in [-0.15, -0.1) is 0 Å². The van der Waals surface area contributed by atoms with E-state index >= 15 is 0 Å².